The summed E-state index contributed by atoms with van der Waals surface area (Å²) in [6.45, 7) is 5.53. The van der Waals surface area contributed by atoms with Crippen LogP contribution < -0.4 is 0 Å². The van der Waals surface area contributed by atoms with Gasteiger partial charge in [0.2, 0.25) is 0 Å². The van der Waals surface area contributed by atoms with Crippen LogP contribution in [-0.2, 0) is 0 Å². The molecule has 3 rings (SSSR count). The lowest BCUT2D eigenvalue weighted by molar-refractivity contribution is 1.01. The first-order valence-electron chi connectivity index (χ1n) is 7.71. The molecule has 25 heavy (non-hydrogen) atoms. The maximum Gasteiger partial charge on any atom is 0.182 e. The molecule has 3 aromatic rings. The SMILES string of the molecule is C=N/C(=C\C=C/C)c1nc(-c2ccccn2)nc(-c2ccccn2)n1. The Balaban J connectivity index is 2.20. The first kappa shape index (κ1) is 16.3. The van der Waals surface area contributed by atoms with Crippen molar-refractivity contribution in [3.05, 3.63) is 72.8 Å². The summed E-state index contributed by atoms with van der Waals surface area (Å²) in [4.78, 5) is 26.2. The number of rotatable bonds is 5. The number of allylic oxidation sites excluding steroid dienone is 3. The molecule has 6 nitrogen and oxygen atoms in total. The van der Waals surface area contributed by atoms with Crippen LogP contribution >= 0.6 is 0 Å². The highest BCUT2D eigenvalue weighted by molar-refractivity contribution is 5.67. The molecule has 122 valence electrons. The Kier molecular flexibility index (Phi) is 5.11. The van der Waals surface area contributed by atoms with Crippen molar-refractivity contribution in [3.63, 3.8) is 0 Å². The molecule has 0 aliphatic rings. The highest BCUT2D eigenvalue weighted by Gasteiger charge is 2.13. The molecule has 0 atom stereocenters. The van der Waals surface area contributed by atoms with E-state index in [0.29, 0.717) is 34.6 Å². The Labute approximate surface area is 145 Å². The zero-order chi connectivity index (χ0) is 17.5. The van der Waals surface area contributed by atoms with Crippen LogP contribution in [0.4, 0.5) is 0 Å². The number of aliphatic imine (C=N–C) groups is 1. The Bertz CT molecular complexity index is 859. The van der Waals surface area contributed by atoms with Crippen molar-refractivity contribution in [2.75, 3.05) is 0 Å². The molecule has 0 aromatic carbocycles. The minimum atomic E-state index is 0.421. The summed E-state index contributed by atoms with van der Waals surface area (Å²) < 4.78 is 0. The lowest BCUT2D eigenvalue weighted by Gasteiger charge is -2.07. The first-order valence-corrected chi connectivity index (χ1v) is 7.71. The summed E-state index contributed by atoms with van der Waals surface area (Å²) in [5.41, 5.74) is 1.85. The Morgan fingerprint density at radius 2 is 1.52 bits per heavy atom. The standard InChI is InChI=1S/C19H16N6/c1-3-4-9-14(20-2)17-23-18(15-10-5-7-12-21-15)25-19(24-17)16-11-6-8-13-22-16/h3-13H,2H2,1H3/b4-3-,14-9-. The predicted octanol–water partition coefficient (Wildman–Crippen LogP) is 3.61. The summed E-state index contributed by atoms with van der Waals surface area (Å²) in [7, 11) is 0. The van der Waals surface area contributed by atoms with E-state index in [1.54, 1.807) is 18.5 Å². The first-order chi connectivity index (χ1) is 12.3. The summed E-state index contributed by atoms with van der Waals surface area (Å²) in [5, 5.41) is 0. The van der Waals surface area contributed by atoms with E-state index in [1.165, 1.54) is 0 Å². The number of pyridine rings is 2. The fourth-order valence-corrected chi connectivity index (χ4v) is 2.09. The molecule has 0 saturated heterocycles. The second kappa shape index (κ2) is 7.83. The van der Waals surface area contributed by atoms with Crippen LogP contribution in [0.3, 0.4) is 0 Å². The van der Waals surface area contributed by atoms with E-state index in [9.17, 15) is 0 Å². The molecule has 6 heteroatoms. The molecule has 0 bridgehead atoms. The molecule has 0 fully saturated rings. The molecule has 0 radical (unpaired) electrons. The van der Waals surface area contributed by atoms with Crippen molar-refractivity contribution in [3.8, 4) is 23.0 Å². The Morgan fingerprint density at radius 3 is 1.96 bits per heavy atom. The van der Waals surface area contributed by atoms with Gasteiger partial charge in [0.05, 0.1) is 0 Å². The summed E-state index contributed by atoms with van der Waals surface area (Å²) in [6, 6.07) is 11.1. The molecular formula is C19H16N6. The van der Waals surface area contributed by atoms with Crippen LogP contribution in [-0.4, -0.2) is 31.6 Å². The van der Waals surface area contributed by atoms with Crippen molar-refractivity contribution in [1.29, 1.82) is 0 Å². The van der Waals surface area contributed by atoms with Gasteiger partial charge in [-0.05, 0) is 44.0 Å². The molecule has 0 aliphatic heterocycles. The molecule has 0 amide bonds. The van der Waals surface area contributed by atoms with E-state index in [4.69, 9.17) is 0 Å². The normalized spacial score (nSPS) is 11.6. The third-order valence-electron chi connectivity index (χ3n) is 3.27. The minimum absolute atomic E-state index is 0.421. The third-order valence-corrected chi connectivity index (χ3v) is 3.27. The van der Waals surface area contributed by atoms with Crippen LogP contribution in [0.15, 0.2) is 72.0 Å². The van der Waals surface area contributed by atoms with E-state index in [0.717, 1.165) is 0 Å². The zero-order valence-electron chi connectivity index (χ0n) is 13.7. The van der Waals surface area contributed by atoms with Crippen molar-refractivity contribution in [2.24, 2.45) is 4.99 Å². The van der Waals surface area contributed by atoms with Gasteiger partial charge in [-0.1, -0.05) is 24.3 Å². The van der Waals surface area contributed by atoms with Gasteiger partial charge in [-0.15, -0.1) is 0 Å². The zero-order valence-corrected chi connectivity index (χ0v) is 13.7. The molecule has 3 aromatic heterocycles. The average Bonchev–Trinajstić information content (AvgIpc) is 2.70. The number of nitrogens with zero attached hydrogens (tertiary/aromatic N) is 6. The van der Waals surface area contributed by atoms with Gasteiger partial charge in [0.15, 0.2) is 17.5 Å². The van der Waals surface area contributed by atoms with Crippen LogP contribution in [0.1, 0.15) is 12.7 Å². The van der Waals surface area contributed by atoms with Gasteiger partial charge in [0.25, 0.3) is 0 Å². The minimum Gasteiger partial charge on any atom is -0.261 e. The fraction of sp³-hybridized carbons (Fsp3) is 0.0526. The van der Waals surface area contributed by atoms with Gasteiger partial charge in [-0.25, -0.2) is 15.0 Å². The summed E-state index contributed by atoms with van der Waals surface area (Å²) in [6.07, 6.45) is 8.94. The Hall–Kier alpha value is -3.54. The predicted molar refractivity (Wildman–Crippen MR) is 98.6 cm³/mol. The number of hydrogen-bond acceptors (Lipinski definition) is 6. The molecular weight excluding hydrogens is 312 g/mol. The maximum absolute atomic E-state index is 4.52. The average molecular weight is 328 g/mol. The maximum atomic E-state index is 4.52. The number of aromatic nitrogens is 5. The van der Waals surface area contributed by atoms with Gasteiger partial charge in [-0.3, -0.25) is 15.0 Å². The van der Waals surface area contributed by atoms with E-state index < -0.39 is 0 Å². The second-order valence-electron chi connectivity index (χ2n) is 4.97. The fourth-order valence-electron chi connectivity index (χ4n) is 2.09. The third kappa shape index (κ3) is 3.87. The molecule has 0 spiro atoms. The van der Waals surface area contributed by atoms with Crippen LogP contribution in [0.2, 0.25) is 0 Å². The van der Waals surface area contributed by atoms with E-state index in [2.05, 4.69) is 36.6 Å². The van der Waals surface area contributed by atoms with Crippen molar-refractivity contribution in [2.45, 2.75) is 6.92 Å². The van der Waals surface area contributed by atoms with Crippen LogP contribution in [0, 0.1) is 0 Å². The summed E-state index contributed by atoms with van der Waals surface area (Å²) in [5.74, 6) is 1.34. The molecule has 0 N–H and O–H groups in total. The van der Waals surface area contributed by atoms with Gasteiger partial charge < -0.3 is 0 Å². The highest BCUT2D eigenvalue weighted by Crippen LogP contribution is 2.20. The van der Waals surface area contributed by atoms with Crippen LogP contribution in [0.25, 0.3) is 28.7 Å². The van der Waals surface area contributed by atoms with Gasteiger partial charge in [0.1, 0.15) is 17.1 Å². The van der Waals surface area contributed by atoms with E-state index in [-0.39, 0.29) is 0 Å². The lowest BCUT2D eigenvalue weighted by atomic mass is 10.3. The van der Waals surface area contributed by atoms with Crippen molar-refractivity contribution >= 4 is 12.4 Å². The smallest absolute Gasteiger partial charge is 0.182 e. The quantitative estimate of drug-likeness (QED) is 0.528. The van der Waals surface area contributed by atoms with E-state index in [1.807, 2.05) is 55.5 Å². The van der Waals surface area contributed by atoms with Gasteiger partial charge >= 0.3 is 0 Å². The van der Waals surface area contributed by atoms with Gasteiger partial charge in [-0.2, -0.15) is 0 Å². The van der Waals surface area contributed by atoms with Gasteiger partial charge in [0, 0.05) is 12.4 Å². The topological polar surface area (TPSA) is 76.8 Å². The van der Waals surface area contributed by atoms with E-state index >= 15 is 0 Å². The molecule has 0 aliphatic carbocycles. The van der Waals surface area contributed by atoms with Crippen molar-refractivity contribution in [1.82, 2.24) is 24.9 Å². The summed E-state index contributed by atoms with van der Waals surface area (Å²) >= 11 is 0. The number of hydrogen-bond donors (Lipinski definition) is 0. The van der Waals surface area contributed by atoms with Crippen molar-refractivity contribution < 1.29 is 0 Å². The largest absolute Gasteiger partial charge is 0.261 e. The molecule has 3 heterocycles. The monoisotopic (exact) mass is 328 g/mol. The molecule has 0 saturated carbocycles. The highest BCUT2D eigenvalue weighted by atomic mass is 15.1. The Morgan fingerprint density at radius 1 is 0.920 bits per heavy atom. The second-order valence-corrected chi connectivity index (χ2v) is 4.97. The lowest BCUT2D eigenvalue weighted by Crippen LogP contribution is -2.03. The molecule has 0 unspecified atom stereocenters. The van der Waals surface area contributed by atoms with Crippen LogP contribution in [0.5, 0.6) is 0 Å².